The lowest BCUT2D eigenvalue weighted by atomic mass is 10.3. The first kappa shape index (κ1) is 11.8. The van der Waals surface area contributed by atoms with Gasteiger partial charge in [0.25, 0.3) is 0 Å². The molecule has 5 heteroatoms. The average Bonchev–Trinajstić information content (AvgIpc) is 2.17. The summed E-state index contributed by atoms with van der Waals surface area (Å²) in [6.07, 6.45) is 1.19. The molecule has 84 valence electrons. The maximum Gasteiger partial charge on any atom is 0.150 e. The second kappa shape index (κ2) is 5.02. The zero-order valence-electron chi connectivity index (χ0n) is 8.86. The van der Waals surface area contributed by atoms with Crippen molar-refractivity contribution in [3.05, 3.63) is 24.3 Å². The molecular formula is C10H15NO3S. The standard InChI is InChI=1S/C10H15NO3S/c1-11-9-3-5-10(6-4-9)14-7-8-15(2,12)13/h3-6,11H,7-8H2,1-2H3. The molecule has 0 fully saturated rings. The van der Waals surface area contributed by atoms with Crippen LogP contribution >= 0.6 is 0 Å². The van der Waals surface area contributed by atoms with E-state index >= 15 is 0 Å². The SMILES string of the molecule is CNc1ccc(OCCS(C)(=O)=O)cc1. The number of ether oxygens (including phenoxy) is 1. The third-order valence-corrected chi connectivity index (χ3v) is 2.77. The lowest BCUT2D eigenvalue weighted by molar-refractivity contribution is 0.341. The van der Waals surface area contributed by atoms with Crippen LogP contribution in [-0.2, 0) is 9.84 Å². The molecule has 0 heterocycles. The maximum absolute atomic E-state index is 10.8. The summed E-state index contributed by atoms with van der Waals surface area (Å²) in [7, 11) is -1.11. The zero-order chi connectivity index (χ0) is 11.3. The van der Waals surface area contributed by atoms with Gasteiger partial charge < -0.3 is 10.1 Å². The fourth-order valence-electron chi connectivity index (χ4n) is 1.03. The summed E-state index contributed by atoms with van der Waals surface area (Å²) >= 11 is 0. The van der Waals surface area contributed by atoms with E-state index in [2.05, 4.69) is 5.32 Å². The molecule has 0 radical (unpaired) electrons. The Morgan fingerprint density at radius 3 is 2.33 bits per heavy atom. The molecule has 0 atom stereocenters. The van der Waals surface area contributed by atoms with Gasteiger partial charge in [0.1, 0.15) is 12.4 Å². The number of nitrogens with one attached hydrogen (secondary N) is 1. The number of rotatable bonds is 5. The van der Waals surface area contributed by atoms with Crippen LogP contribution in [0.15, 0.2) is 24.3 Å². The second-order valence-electron chi connectivity index (χ2n) is 3.25. The van der Waals surface area contributed by atoms with Crippen LogP contribution in [0.25, 0.3) is 0 Å². The Kier molecular flexibility index (Phi) is 3.96. The van der Waals surface area contributed by atoms with Gasteiger partial charge in [0.15, 0.2) is 9.84 Å². The van der Waals surface area contributed by atoms with Crippen molar-refractivity contribution in [2.45, 2.75) is 0 Å². The van der Waals surface area contributed by atoms with Gasteiger partial charge in [-0.05, 0) is 24.3 Å². The van der Waals surface area contributed by atoms with Crippen LogP contribution in [-0.4, -0.2) is 34.1 Å². The van der Waals surface area contributed by atoms with Crippen molar-refractivity contribution in [3.8, 4) is 5.75 Å². The van der Waals surface area contributed by atoms with Gasteiger partial charge in [0.2, 0.25) is 0 Å². The summed E-state index contributed by atoms with van der Waals surface area (Å²) < 4.78 is 26.9. The lowest BCUT2D eigenvalue weighted by Crippen LogP contribution is -2.11. The van der Waals surface area contributed by atoms with Gasteiger partial charge in [-0.3, -0.25) is 0 Å². The molecule has 0 aliphatic heterocycles. The van der Waals surface area contributed by atoms with Crippen LogP contribution in [0.3, 0.4) is 0 Å². The Labute approximate surface area is 90.2 Å². The van der Waals surface area contributed by atoms with Gasteiger partial charge in [-0.15, -0.1) is 0 Å². The Bertz CT molecular complexity index is 397. The van der Waals surface area contributed by atoms with Crippen molar-refractivity contribution in [3.63, 3.8) is 0 Å². The molecule has 0 aliphatic rings. The number of hydrogen-bond acceptors (Lipinski definition) is 4. The molecule has 4 nitrogen and oxygen atoms in total. The highest BCUT2D eigenvalue weighted by Gasteiger charge is 2.02. The maximum atomic E-state index is 10.8. The molecular weight excluding hydrogens is 214 g/mol. The third kappa shape index (κ3) is 4.69. The minimum atomic E-state index is -2.94. The molecule has 0 aromatic heterocycles. The van der Waals surface area contributed by atoms with Crippen LogP contribution in [0.4, 0.5) is 5.69 Å². The van der Waals surface area contributed by atoms with Gasteiger partial charge in [0, 0.05) is 19.0 Å². The van der Waals surface area contributed by atoms with Gasteiger partial charge in [-0.1, -0.05) is 0 Å². The van der Waals surface area contributed by atoms with Crippen LogP contribution in [0, 0.1) is 0 Å². The van der Waals surface area contributed by atoms with Gasteiger partial charge in [0.05, 0.1) is 5.75 Å². The highest BCUT2D eigenvalue weighted by Crippen LogP contribution is 2.14. The van der Waals surface area contributed by atoms with Crippen molar-refractivity contribution in [1.29, 1.82) is 0 Å². The predicted molar refractivity (Wildman–Crippen MR) is 61.2 cm³/mol. The van der Waals surface area contributed by atoms with Gasteiger partial charge in [-0.25, -0.2) is 8.42 Å². The molecule has 0 bridgehead atoms. The summed E-state index contributed by atoms with van der Waals surface area (Å²) in [6, 6.07) is 7.34. The molecule has 0 aliphatic carbocycles. The molecule has 0 saturated carbocycles. The average molecular weight is 229 g/mol. The van der Waals surface area contributed by atoms with E-state index in [4.69, 9.17) is 4.74 Å². The summed E-state index contributed by atoms with van der Waals surface area (Å²) in [5, 5.41) is 2.98. The predicted octanol–water partition coefficient (Wildman–Crippen LogP) is 1.15. The number of benzene rings is 1. The summed E-state index contributed by atoms with van der Waals surface area (Å²) in [4.78, 5) is 0. The summed E-state index contributed by atoms with van der Waals surface area (Å²) in [6.45, 7) is 0.192. The minimum Gasteiger partial charge on any atom is -0.493 e. The quantitative estimate of drug-likeness (QED) is 0.823. The zero-order valence-corrected chi connectivity index (χ0v) is 9.67. The molecule has 0 spiro atoms. The number of anilines is 1. The molecule has 0 saturated heterocycles. The highest BCUT2D eigenvalue weighted by molar-refractivity contribution is 7.90. The van der Waals surface area contributed by atoms with E-state index in [0.717, 1.165) is 5.69 Å². The monoisotopic (exact) mass is 229 g/mol. The van der Waals surface area contributed by atoms with Crippen molar-refractivity contribution in [1.82, 2.24) is 0 Å². The van der Waals surface area contributed by atoms with Crippen LogP contribution < -0.4 is 10.1 Å². The lowest BCUT2D eigenvalue weighted by Gasteiger charge is -2.06. The smallest absolute Gasteiger partial charge is 0.150 e. The topological polar surface area (TPSA) is 55.4 Å². The van der Waals surface area contributed by atoms with Crippen molar-refractivity contribution in [2.75, 3.05) is 31.0 Å². The van der Waals surface area contributed by atoms with Crippen LogP contribution in [0.2, 0.25) is 0 Å². The first-order valence-electron chi connectivity index (χ1n) is 4.59. The second-order valence-corrected chi connectivity index (χ2v) is 5.51. The first-order chi connectivity index (χ1) is 7.01. The largest absolute Gasteiger partial charge is 0.493 e. The Balaban J connectivity index is 2.45. The molecule has 1 rings (SSSR count). The molecule has 1 aromatic rings. The van der Waals surface area contributed by atoms with Crippen molar-refractivity contribution in [2.24, 2.45) is 0 Å². The van der Waals surface area contributed by atoms with E-state index < -0.39 is 9.84 Å². The Hall–Kier alpha value is -1.23. The minimum absolute atomic E-state index is 0.0424. The number of hydrogen-bond donors (Lipinski definition) is 1. The van der Waals surface area contributed by atoms with Gasteiger partial charge >= 0.3 is 0 Å². The van der Waals surface area contributed by atoms with Gasteiger partial charge in [-0.2, -0.15) is 0 Å². The van der Waals surface area contributed by atoms with E-state index in [9.17, 15) is 8.42 Å². The number of sulfone groups is 1. The third-order valence-electron chi connectivity index (χ3n) is 1.87. The van der Waals surface area contributed by atoms with E-state index in [1.54, 1.807) is 12.1 Å². The highest BCUT2D eigenvalue weighted by atomic mass is 32.2. The van der Waals surface area contributed by atoms with Crippen molar-refractivity contribution < 1.29 is 13.2 Å². The summed E-state index contributed by atoms with van der Waals surface area (Å²) in [5.74, 6) is 0.721. The summed E-state index contributed by atoms with van der Waals surface area (Å²) in [5.41, 5.74) is 0.991. The fourth-order valence-corrected chi connectivity index (χ4v) is 1.41. The Morgan fingerprint density at radius 2 is 1.87 bits per heavy atom. The Morgan fingerprint density at radius 1 is 1.27 bits per heavy atom. The van der Waals surface area contributed by atoms with E-state index in [0.29, 0.717) is 5.75 Å². The van der Waals surface area contributed by atoms with E-state index in [1.807, 2.05) is 19.2 Å². The molecule has 1 aromatic carbocycles. The molecule has 0 unspecified atom stereocenters. The van der Waals surface area contributed by atoms with E-state index in [1.165, 1.54) is 6.26 Å². The first-order valence-corrected chi connectivity index (χ1v) is 6.65. The molecule has 0 amide bonds. The van der Waals surface area contributed by atoms with E-state index in [-0.39, 0.29) is 12.4 Å². The molecule has 1 N–H and O–H groups in total. The normalized spacial score (nSPS) is 11.1. The fraction of sp³-hybridized carbons (Fsp3) is 0.400. The van der Waals surface area contributed by atoms with Crippen LogP contribution in [0.5, 0.6) is 5.75 Å². The van der Waals surface area contributed by atoms with Crippen molar-refractivity contribution >= 4 is 15.5 Å². The van der Waals surface area contributed by atoms with Crippen LogP contribution in [0.1, 0.15) is 0 Å². The molecule has 15 heavy (non-hydrogen) atoms.